The van der Waals surface area contributed by atoms with E-state index in [4.69, 9.17) is 4.52 Å². The third kappa shape index (κ3) is 3.64. The second kappa shape index (κ2) is 6.45. The number of hydrogen-bond donors (Lipinski definition) is 1. The van der Waals surface area contributed by atoms with Crippen molar-refractivity contribution in [1.29, 1.82) is 0 Å². The summed E-state index contributed by atoms with van der Waals surface area (Å²) in [5, 5.41) is 7.14. The molecule has 0 aliphatic carbocycles. The molecule has 1 N–H and O–H groups in total. The predicted octanol–water partition coefficient (Wildman–Crippen LogP) is 3.42. The van der Waals surface area contributed by atoms with Crippen molar-refractivity contribution in [2.45, 2.75) is 26.3 Å². The van der Waals surface area contributed by atoms with Crippen molar-refractivity contribution in [2.75, 3.05) is 7.05 Å². The lowest BCUT2D eigenvalue weighted by Gasteiger charge is -2.17. The van der Waals surface area contributed by atoms with Gasteiger partial charge in [0.1, 0.15) is 5.82 Å². The molecule has 0 amide bonds. The maximum atomic E-state index is 13.4. The fraction of sp³-hybridized carbons (Fsp3) is 0.429. The fourth-order valence-corrected chi connectivity index (χ4v) is 2.46. The second-order valence-corrected chi connectivity index (χ2v) is 5.93. The fourth-order valence-electron chi connectivity index (χ4n) is 2.00. The summed E-state index contributed by atoms with van der Waals surface area (Å²) in [4.78, 5) is 4.33. The number of nitrogens with zero attached hydrogens (tertiary/aromatic N) is 2. The summed E-state index contributed by atoms with van der Waals surface area (Å²) in [6.45, 7) is 4.25. The lowest BCUT2D eigenvalue weighted by molar-refractivity contribution is 0.335. The predicted molar refractivity (Wildman–Crippen MR) is 78.8 cm³/mol. The van der Waals surface area contributed by atoms with Crippen LogP contribution in [-0.2, 0) is 6.42 Å². The maximum Gasteiger partial charge on any atom is 0.228 e. The van der Waals surface area contributed by atoms with Crippen LogP contribution in [0.15, 0.2) is 27.2 Å². The zero-order chi connectivity index (χ0) is 14.7. The molecule has 0 saturated carbocycles. The second-order valence-electron chi connectivity index (χ2n) is 5.01. The molecule has 0 bridgehead atoms. The number of aromatic nitrogens is 2. The molecule has 0 aliphatic heterocycles. The molecule has 1 heterocycles. The quantitative estimate of drug-likeness (QED) is 0.905. The average Bonchev–Trinajstić information content (AvgIpc) is 2.83. The smallest absolute Gasteiger partial charge is 0.228 e. The Morgan fingerprint density at radius 2 is 2.10 bits per heavy atom. The largest absolute Gasteiger partial charge is 0.339 e. The number of nitrogens with one attached hydrogen (secondary N) is 1. The van der Waals surface area contributed by atoms with Crippen molar-refractivity contribution in [2.24, 2.45) is 5.92 Å². The average molecular weight is 342 g/mol. The molecule has 1 aromatic heterocycles. The Kier molecular flexibility index (Phi) is 4.88. The molecule has 108 valence electrons. The van der Waals surface area contributed by atoms with E-state index in [0.29, 0.717) is 34.1 Å². The number of likely N-dealkylation sites (N-methyl/N-ethyl adjacent to an activating group) is 1. The summed E-state index contributed by atoms with van der Waals surface area (Å²) in [7, 11) is 1.91. The molecule has 2 aromatic rings. The van der Waals surface area contributed by atoms with E-state index >= 15 is 0 Å². The van der Waals surface area contributed by atoms with Crippen molar-refractivity contribution in [1.82, 2.24) is 15.5 Å². The number of halogens is 2. The summed E-state index contributed by atoms with van der Waals surface area (Å²) in [5.41, 5.74) is 0.595. The summed E-state index contributed by atoms with van der Waals surface area (Å²) in [6, 6.07) is 4.80. The molecular formula is C14H17BrFN3O. The molecular weight excluding hydrogens is 325 g/mol. The molecule has 1 aromatic carbocycles. The highest BCUT2D eigenvalue weighted by atomic mass is 79.9. The molecule has 0 saturated heterocycles. The minimum atomic E-state index is -0.337. The van der Waals surface area contributed by atoms with E-state index in [9.17, 15) is 4.39 Å². The van der Waals surface area contributed by atoms with Gasteiger partial charge in [0.05, 0.1) is 0 Å². The Morgan fingerprint density at radius 3 is 2.70 bits per heavy atom. The van der Waals surface area contributed by atoms with E-state index in [1.807, 2.05) is 7.05 Å². The van der Waals surface area contributed by atoms with Gasteiger partial charge in [-0.05, 0) is 31.2 Å². The van der Waals surface area contributed by atoms with E-state index in [2.05, 4.69) is 45.2 Å². The van der Waals surface area contributed by atoms with Crippen LogP contribution in [0, 0.1) is 11.7 Å². The van der Waals surface area contributed by atoms with E-state index in [0.717, 1.165) is 0 Å². The van der Waals surface area contributed by atoms with Gasteiger partial charge in [-0.1, -0.05) is 34.9 Å². The third-order valence-corrected chi connectivity index (χ3v) is 3.62. The van der Waals surface area contributed by atoms with Gasteiger partial charge >= 0.3 is 0 Å². The lowest BCUT2D eigenvalue weighted by atomic mass is 10.0. The highest BCUT2D eigenvalue weighted by molar-refractivity contribution is 9.10. The normalized spacial score (nSPS) is 12.9. The van der Waals surface area contributed by atoms with Crippen LogP contribution in [0.1, 0.15) is 19.7 Å². The third-order valence-electron chi connectivity index (χ3n) is 3.16. The molecule has 1 atom stereocenters. The molecule has 1 unspecified atom stereocenters. The summed E-state index contributed by atoms with van der Waals surface area (Å²) < 4.78 is 19.3. The van der Waals surface area contributed by atoms with Crippen molar-refractivity contribution >= 4 is 15.9 Å². The molecule has 6 heteroatoms. The molecule has 2 rings (SSSR count). The van der Waals surface area contributed by atoms with Crippen LogP contribution in [0.2, 0.25) is 0 Å². The Bertz CT molecular complexity index is 565. The van der Waals surface area contributed by atoms with Crippen LogP contribution in [0.3, 0.4) is 0 Å². The summed E-state index contributed by atoms with van der Waals surface area (Å²) in [5.74, 6) is 1.07. The first-order chi connectivity index (χ1) is 9.49. The monoisotopic (exact) mass is 341 g/mol. The Labute approximate surface area is 125 Å². The zero-order valence-electron chi connectivity index (χ0n) is 11.7. The highest BCUT2D eigenvalue weighted by Gasteiger charge is 2.17. The first kappa shape index (κ1) is 15.1. The highest BCUT2D eigenvalue weighted by Crippen LogP contribution is 2.23. The molecule has 0 aliphatic rings. The molecule has 20 heavy (non-hydrogen) atoms. The van der Waals surface area contributed by atoms with Crippen LogP contribution in [0.25, 0.3) is 11.4 Å². The van der Waals surface area contributed by atoms with Crippen molar-refractivity contribution < 1.29 is 8.91 Å². The SMILES string of the molecule is CNC(Cc1nc(-c2cc(F)cc(Br)c2)no1)C(C)C. The van der Waals surface area contributed by atoms with Gasteiger partial charge in [-0.15, -0.1) is 0 Å². The maximum absolute atomic E-state index is 13.4. The molecule has 4 nitrogen and oxygen atoms in total. The topological polar surface area (TPSA) is 51.0 Å². The Hall–Kier alpha value is -1.27. The van der Waals surface area contributed by atoms with E-state index in [1.54, 1.807) is 6.07 Å². The van der Waals surface area contributed by atoms with Crippen LogP contribution < -0.4 is 5.32 Å². The van der Waals surface area contributed by atoms with Crippen LogP contribution in [0.4, 0.5) is 4.39 Å². The molecule has 0 fully saturated rings. The van der Waals surface area contributed by atoms with Crippen molar-refractivity contribution in [3.05, 3.63) is 34.4 Å². The van der Waals surface area contributed by atoms with E-state index in [1.165, 1.54) is 12.1 Å². The van der Waals surface area contributed by atoms with Crippen LogP contribution in [-0.4, -0.2) is 23.2 Å². The minimum absolute atomic E-state index is 0.266. The minimum Gasteiger partial charge on any atom is -0.339 e. The zero-order valence-corrected chi connectivity index (χ0v) is 13.2. The lowest BCUT2D eigenvalue weighted by Crippen LogP contribution is -2.32. The van der Waals surface area contributed by atoms with Gasteiger partial charge in [-0.25, -0.2) is 4.39 Å². The first-order valence-corrected chi connectivity index (χ1v) is 7.25. The van der Waals surface area contributed by atoms with Gasteiger partial charge in [-0.3, -0.25) is 0 Å². The van der Waals surface area contributed by atoms with Gasteiger partial charge in [-0.2, -0.15) is 4.98 Å². The van der Waals surface area contributed by atoms with Gasteiger partial charge < -0.3 is 9.84 Å². The van der Waals surface area contributed by atoms with Crippen LogP contribution in [0.5, 0.6) is 0 Å². The van der Waals surface area contributed by atoms with Crippen LogP contribution >= 0.6 is 15.9 Å². The van der Waals surface area contributed by atoms with Gasteiger partial charge in [0.2, 0.25) is 11.7 Å². The molecule has 0 spiro atoms. The van der Waals surface area contributed by atoms with Crippen molar-refractivity contribution in [3.63, 3.8) is 0 Å². The Balaban J connectivity index is 2.20. The standard InChI is InChI=1S/C14H17BrFN3O/c1-8(2)12(17-3)7-13-18-14(19-20-13)9-4-10(15)6-11(16)5-9/h4-6,8,12,17H,7H2,1-3H3. The number of hydrogen-bond acceptors (Lipinski definition) is 4. The number of benzene rings is 1. The van der Waals surface area contributed by atoms with Gasteiger partial charge in [0.25, 0.3) is 0 Å². The van der Waals surface area contributed by atoms with E-state index < -0.39 is 0 Å². The first-order valence-electron chi connectivity index (χ1n) is 6.46. The van der Waals surface area contributed by atoms with Gasteiger partial charge in [0.15, 0.2) is 0 Å². The summed E-state index contributed by atoms with van der Waals surface area (Å²) >= 11 is 3.25. The Morgan fingerprint density at radius 1 is 1.35 bits per heavy atom. The number of rotatable bonds is 5. The van der Waals surface area contributed by atoms with Crippen molar-refractivity contribution in [3.8, 4) is 11.4 Å². The van der Waals surface area contributed by atoms with E-state index in [-0.39, 0.29) is 11.9 Å². The summed E-state index contributed by atoms with van der Waals surface area (Å²) in [6.07, 6.45) is 0.650. The molecule has 0 radical (unpaired) electrons. The van der Waals surface area contributed by atoms with Gasteiger partial charge in [0, 0.05) is 22.5 Å².